The predicted molar refractivity (Wildman–Crippen MR) is 192 cm³/mol. The molecule has 2 heterocycles. The van der Waals surface area contributed by atoms with Crippen LogP contribution in [0.15, 0.2) is 114 Å². The van der Waals surface area contributed by atoms with Crippen LogP contribution >= 0.6 is 0 Å². The number of pyridine rings is 1. The molecule has 248 valence electrons. The summed E-state index contributed by atoms with van der Waals surface area (Å²) in [7, 11) is -0.945. The molecule has 0 bridgehead atoms. The first-order valence-electron chi connectivity index (χ1n) is 15.7. The number of benzene rings is 5. The molecule has 1 fully saturated rings. The summed E-state index contributed by atoms with van der Waals surface area (Å²) >= 11 is 0. The molecule has 0 radical (unpaired) electrons. The van der Waals surface area contributed by atoms with Gasteiger partial charge in [0.25, 0.3) is 15.9 Å². The van der Waals surface area contributed by atoms with Crippen molar-refractivity contribution in [1.82, 2.24) is 4.98 Å². The smallest absolute Gasteiger partial charge is 0.262 e. The Morgan fingerprint density at radius 3 is 2.37 bits per heavy atom. The number of sulfonamides is 1. The third-order valence-corrected chi connectivity index (χ3v) is 9.90. The lowest BCUT2D eigenvalue weighted by molar-refractivity contribution is 0.102. The van der Waals surface area contributed by atoms with Gasteiger partial charge in [0, 0.05) is 24.0 Å². The summed E-state index contributed by atoms with van der Waals surface area (Å²) in [4.78, 5) is 21.2. The van der Waals surface area contributed by atoms with E-state index in [1.165, 1.54) is 19.2 Å². The largest absolute Gasteiger partial charge is 0.497 e. The number of rotatable bonds is 9. The first kappa shape index (κ1) is 31.9. The number of ether oxygens (including phenoxy) is 3. The van der Waals surface area contributed by atoms with Crippen molar-refractivity contribution in [2.75, 3.05) is 55.5 Å². The second-order valence-corrected chi connectivity index (χ2v) is 13.2. The Hall–Kier alpha value is -5.65. The molecule has 11 heteroatoms. The molecule has 0 saturated carbocycles. The van der Waals surface area contributed by atoms with E-state index in [0.717, 1.165) is 22.1 Å². The molecule has 10 nitrogen and oxygen atoms in total. The number of carbonyl (C=O) groups excluding carboxylic acids is 1. The average molecular weight is 675 g/mol. The number of anilines is 3. The summed E-state index contributed by atoms with van der Waals surface area (Å²) in [6.07, 6.45) is 0. The molecule has 0 aliphatic carbocycles. The Morgan fingerprint density at radius 1 is 0.796 bits per heavy atom. The van der Waals surface area contributed by atoms with Crippen LogP contribution in [0.3, 0.4) is 0 Å². The van der Waals surface area contributed by atoms with Gasteiger partial charge in [0.1, 0.15) is 11.5 Å². The molecule has 1 saturated heterocycles. The van der Waals surface area contributed by atoms with Crippen molar-refractivity contribution >= 4 is 54.7 Å². The molecule has 2 N–H and O–H groups in total. The minimum atomic E-state index is -4.06. The second-order valence-electron chi connectivity index (χ2n) is 11.5. The fourth-order valence-electron chi connectivity index (χ4n) is 6.01. The summed E-state index contributed by atoms with van der Waals surface area (Å²) < 4.78 is 46.2. The average Bonchev–Trinajstić information content (AvgIpc) is 3.14. The van der Waals surface area contributed by atoms with Crippen LogP contribution in [0, 0.1) is 0 Å². The van der Waals surface area contributed by atoms with E-state index in [2.05, 4.69) is 14.9 Å². The predicted octanol–water partition coefficient (Wildman–Crippen LogP) is 6.96. The number of aromatic nitrogens is 1. The van der Waals surface area contributed by atoms with Crippen LogP contribution in [0.25, 0.3) is 32.9 Å². The molecule has 1 amide bonds. The standard InChI is InChI=1S/C38H34N4O6S/c1-46-28-14-13-25-21-27(12-11-26(25)22-28)34-24-31(30-7-3-4-8-32(30)39-34)38(43)40-35-23-29(15-16-36(35)42-17-19-48-20-18-42)49(44,45)41-33-9-5-6-10-37(33)47-2/h3-16,21-24,41H,17-20H2,1-2H3,(H,40,43). The Kier molecular flexibility index (Phi) is 8.77. The zero-order valence-electron chi connectivity index (χ0n) is 27.0. The molecule has 0 atom stereocenters. The van der Waals surface area contributed by atoms with Crippen LogP contribution in [0.2, 0.25) is 0 Å². The van der Waals surface area contributed by atoms with Crippen LogP contribution in [0.4, 0.5) is 17.1 Å². The highest BCUT2D eigenvalue weighted by Gasteiger charge is 2.23. The van der Waals surface area contributed by atoms with Crippen molar-refractivity contribution in [3.05, 3.63) is 115 Å². The van der Waals surface area contributed by atoms with Crippen LogP contribution in [0.5, 0.6) is 11.5 Å². The molecule has 5 aromatic carbocycles. The van der Waals surface area contributed by atoms with Gasteiger partial charge in [-0.3, -0.25) is 9.52 Å². The molecule has 0 spiro atoms. The lowest BCUT2D eigenvalue weighted by Crippen LogP contribution is -2.36. The molecule has 7 rings (SSSR count). The minimum absolute atomic E-state index is 0.0150. The Bertz CT molecular complexity index is 2300. The van der Waals surface area contributed by atoms with Gasteiger partial charge in [-0.05, 0) is 71.4 Å². The quantitative estimate of drug-likeness (QED) is 0.169. The van der Waals surface area contributed by atoms with Crippen molar-refractivity contribution in [2.24, 2.45) is 0 Å². The van der Waals surface area contributed by atoms with Gasteiger partial charge in [-0.25, -0.2) is 13.4 Å². The third kappa shape index (κ3) is 6.58. The van der Waals surface area contributed by atoms with Crippen molar-refractivity contribution in [3.63, 3.8) is 0 Å². The SMILES string of the molecule is COc1ccc2cc(-c3cc(C(=O)Nc4cc(S(=O)(=O)Nc5ccccc5OC)ccc4N4CCOCC4)c4ccccc4n3)ccc2c1. The number of nitrogens with zero attached hydrogens (tertiary/aromatic N) is 2. The van der Waals surface area contributed by atoms with E-state index in [-0.39, 0.29) is 4.90 Å². The monoisotopic (exact) mass is 674 g/mol. The van der Waals surface area contributed by atoms with Crippen molar-refractivity contribution in [2.45, 2.75) is 4.90 Å². The van der Waals surface area contributed by atoms with Crippen LogP contribution in [0.1, 0.15) is 10.4 Å². The Labute approximate surface area is 284 Å². The molecule has 49 heavy (non-hydrogen) atoms. The molecule has 1 aromatic heterocycles. The molecule has 6 aromatic rings. The number of hydrogen-bond donors (Lipinski definition) is 2. The van der Waals surface area contributed by atoms with Gasteiger partial charge in [0.15, 0.2) is 0 Å². The van der Waals surface area contributed by atoms with Gasteiger partial charge in [0.05, 0.1) is 66.2 Å². The van der Waals surface area contributed by atoms with Gasteiger partial charge < -0.3 is 24.4 Å². The molecule has 0 unspecified atom stereocenters. The van der Waals surface area contributed by atoms with Crippen molar-refractivity contribution in [1.29, 1.82) is 0 Å². The van der Waals surface area contributed by atoms with Crippen LogP contribution in [-0.4, -0.2) is 59.8 Å². The van der Waals surface area contributed by atoms with Crippen molar-refractivity contribution < 1.29 is 27.4 Å². The topological polar surface area (TPSA) is 119 Å². The van der Waals surface area contributed by atoms with E-state index in [1.54, 1.807) is 43.5 Å². The summed E-state index contributed by atoms with van der Waals surface area (Å²) in [5.41, 5.74) is 3.90. The molecular formula is C38H34N4O6S. The highest BCUT2D eigenvalue weighted by Crippen LogP contribution is 2.34. The number of nitrogens with one attached hydrogen (secondary N) is 2. The van der Waals surface area contributed by atoms with Gasteiger partial charge in [-0.15, -0.1) is 0 Å². The number of methoxy groups -OCH3 is 2. The first-order valence-corrected chi connectivity index (χ1v) is 17.2. The third-order valence-electron chi connectivity index (χ3n) is 8.53. The van der Waals surface area contributed by atoms with Crippen LogP contribution in [-0.2, 0) is 14.8 Å². The number of carbonyl (C=O) groups is 1. The summed E-state index contributed by atoms with van der Waals surface area (Å²) in [6, 6.07) is 32.6. The molecular weight excluding hydrogens is 641 g/mol. The summed E-state index contributed by atoms with van der Waals surface area (Å²) in [6.45, 7) is 2.20. The minimum Gasteiger partial charge on any atom is -0.497 e. The Morgan fingerprint density at radius 2 is 1.55 bits per heavy atom. The molecule has 1 aliphatic heterocycles. The summed E-state index contributed by atoms with van der Waals surface area (Å²) in [5.74, 6) is 0.759. The van der Waals surface area contributed by atoms with E-state index >= 15 is 0 Å². The normalized spacial score (nSPS) is 13.3. The van der Waals surface area contributed by atoms with E-state index in [4.69, 9.17) is 19.2 Å². The number of morpholine rings is 1. The molecule has 1 aliphatic rings. The van der Waals surface area contributed by atoms with Crippen LogP contribution < -0.4 is 24.4 Å². The number of hydrogen-bond acceptors (Lipinski definition) is 8. The lowest BCUT2D eigenvalue weighted by atomic mass is 10.0. The lowest BCUT2D eigenvalue weighted by Gasteiger charge is -2.31. The maximum Gasteiger partial charge on any atom is 0.262 e. The Balaban J connectivity index is 1.28. The zero-order valence-corrected chi connectivity index (χ0v) is 27.8. The fraction of sp³-hybridized carbons (Fsp3) is 0.158. The van der Waals surface area contributed by atoms with Gasteiger partial charge in [0.2, 0.25) is 0 Å². The maximum absolute atomic E-state index is 14.3. The number of amides is 1. The van der Waals surface area contributed by atoms with Gasteiger partial charge in [-0.1, -0.05) is 48.5 Å². The first-order chi connectivity index (χ1) is 23.8. The van der Waals surface area contributed by atoms with E-state index in [0.29, 0.717) is 71.3 Å². The highest BCUT2D eigenvalue weighted by molar-refractivity contribution is 7.92. The van der Waals surface area contributed by atoms with Crippen molar-refractivity contribution in [3.8, 4) is 22.8 Å². The van der Waals surface area contributed by atoms with Gasteiger partial charge >= 0.3 is 0 Å². The van der Waals surface area contributed by atoms with E-state index in [1.807, 2.05) is 60.7 Å². The number of fused-ring (bicyclic) bond motifs is 2. The van der Waals surface area contributed by atoms with Gasteiger partial charge in [-0.2, -0.15) is 0 Å². The van der Waals surface area contributed by atoms with E-state index in [9.17, 15) is 13.2 Å². The zero-order chi connectivity index (χ0) is 34.0. The highest BCUT2D eigenvalue weighted by atomic mass is 32.2. The maximum atomic E-state index is 14.3. The van der Waals surface area contributed by atoms with E-state index < -0.39 is 15.9 Å². The second kappa shape index (κ2) is 13.5. The number of para-hydroxylation sites is 3. The fourth-order valence-corrected chi connectivity index (χ4v) is 7.10. The summed E-state index contributed by atoms with van der Waals surface area (Å²) in [5, 5.41) is 5.76.